The first kappa shape index (κ1) is 18.4. The fourth-order valence-electron chi connectivity index (χ4n) is 2.33. The van der Waals surface area contributed by atoms with Crippen molar-refractivity contribution in [3.05, 3.63) is 12.0 Å². The van der Waals surface area contributed by atoms with Crippen molar-refractivity contribution in [3.8, 4) is 0 Å². The summed E-state index contributed by atoms with van der Waals surface area (Å²) in [6.45, 7) is 5.02. The minimum absolute atomic E-state index is 0. The number of nitrogens with two attached hydrogens (primary N) is 1. The Morgan fingerprint density at radius 3 is 2.62 bits per heavy atom. The quantitative estimate of drug-likeness (QED) is 0.822. The highest BCUT2D eigenvalue weighted by atomic mass is 35.5. The minimum atomic E-state index is -3.57. The van der Waals surface area contributed by atoms with Gasteiger partial charge in [-0.05, 0) is 25.7 Å². The number of fused-ring (bicyclic) bond motifs is 1. The molecule has 122 valence electrons. The monoisotopic (exact) mass is 336 g/mol. The molecule has 0 amide bonds. The Hall–Kier alpha value is -0.630. The molecule has 0 saturated carbocycles. The first-order valence-corrected chi connectivity index (χ1v) is 8.73. The molecule has 0 fully saturated rings. The van der Waals surface area contributed by atoms with Gasteiger partial charge in [0.15, 0.2) is 5.03 Å². The molecule has 0 aromatic carbocycles. The second kappa shape index (κ2) is 7.09. The second-order valence-electron chi connectivity index (χ2n) is 5.54. The number of hydrogen-bond donors (Lipinski definition) is 2. The van der Waals surface area contributed by atoms with Crippen LogP contribution in [0.5, 0.6) is 0 Å². The molecule has 1 aliphatic heterocycles. The van der Waals surface area contributed by atoms with E-state index in [2.05, 4.69) is 9.71 Å². The van der Waals surface area contributed by atoms with Crippen LogP contribution in [0.15, 0.2) is 11.2 Å². The van der Waals surface area contributed by atoms with Gasteiger partial charge in [0, 0.05) is 31.2 Å². The van der Waals surface area contributed by atoms with E-state index >= 15 is 0 Å². The largest absolute Gasteiger partial charge is 0.333 e. The van der Waals surface area contributed by atoms with Gasteiger partial charge < -0.3 is 10.3 Å². The lowest BCUT2D eigenvalue weighted by atomic mass is 9.95. The van der Waals surface area contributed by atoms with Gasteiger partial charge in [-0.25, -0.2) is 18.1 Å². The molecule has 2 rings (SSSR count). The van der Waals surface area contributed by atoms with Crippen molar-refractivity contribution in [2.45, 2.75) is 63.1 Å². The van der Waals surface area contributed by atoms with Crippen molar-refractivity contribution in [2.24, 2.45) is 5.73 Å². The van der Waals surface area contributed by atoms with Crippen LogP contribution in [0, 0.1) is 0 Å². The van der Waals surface area contributed by atoms with E-state index < -0.39 is 15.6 Å². The highest BCUT2D eigenvalue weighted by molar-refractivity contribution is 7.89. The molecule has 0 radical (unpaired) electrons. The molecule has 0 unspecified atom stereocenters. The van der Waals surface area contributed by atoms with Gasteiger partial charge in [-0.2, -0.15) is 0 Å². The summed E-state index contributed by atoms with van der Waals surface area (Å²) in [6.07, 6.45) is 6.08. The number of nitrogens with zero attached hydrogens (tertiary/aromatic N) is 2. The highest BCUT2D eigenvalue weighted by Gasteiger charge is 2.26. The summed E-state index contributed by atoms with van der Waals surface area (Å²) >= 11 is 0. The Morgan fingerprint density at radius 1 is 1.38 bits per heavy atom. The van der Waals surface area contributed by atoms with Crippen molar-refractivity contribution in [3.63, 3.8) is 0 Å². The van der Waals surface area contributed by atoms with Crippen molar-refractivity contribution in [2.75, 3.05) is 6.54 Å². The molecule has 0 saturated heterocycles. The van der Waals surface area contributed by atoms with E-state index in [4.69, 9.17) is 5.73 Å². The lowest BCUT2D eigenvalue weighted by molar-refractivity contribution is 0.391. The third-order valence-corrected chi connectivity index (χ3v) is 5.46. The molecule has 6 nitrogen and oxygen atoms in total. The average Bonchev–Trinajstić information content (AvgIpc) is 2.90. The number of nitrogens with one attached hydrogen (secondary N) is 1. The number of hydrogen-bond acceptors (Lipinski definition) is 4. The number of sulfonamides is 1. The maximum absolute atomic E-state index is 12.3. The third kappa shape index (κ3) is 4.18. The summed E-state index contributed by atoms with van der Waals surface area (Å²) in [5, 5.41) is 0.115. The number of halogens is 1. The zero-order valence-electron chi connectivity index (χ0n) is 12.6. The van der Waals surface area contributed by atoms with Crippen molar-refractivity contribution < 1.29 is 8.42 Å². The first-order valence-electron chi connectivity index (χ1n) is 7.25. The Bertz CT molecular complexity index is 543. The van der Waals surface area contributed by atoms with Gasteiger partial charge in [-0.3, -0.25) is 0 Å². The van der Waals surface area contributed by atoms with E-state index in [9.17, 15) is 8.42 Å². The summed E-state index contributed by atoms with van der Waals surface area (Å²) in [7, 11) is -3.57. The molecule has 1 aromatic rings. The molecule has 21 heavy (non-hydrogen) atoms. The van der Waals surface area contributed by atoms with Crippen LogP contribution in [0.4, 0.5) is 0 Å². The molecule has 0 bridgehead atoms. The van der Waals surface area contributed by atoms with Gasteiger partial charge >= 0.3 is 0 Å². The lowest BCUT2D eigenvalue weighted by Crippen LogP contribution is -2.49. The second-order valence-corrected chi connectivity index (χ2v) is 7.25. The van der Waals surface area contributed by atoms with Crippen LogP contribution in [-0.4, -0.2) is 30.1 Å². The van der Waals surface area contributed by atoms with E-state index in [0.717, 1.165) is 44.5 Å². The van der Waals surface area contributed by atoms with Crippen molar-refractivity contribution in [1.82, 2.24) is 14.3 Å². The lowest BCUT2D eigenvalue weighted by Gasteiger charge is -2.26. The average molecular weight is 337 g/mol. The third-order valence-electron chi connectivity index (χ3n) is 4.18. The van der Waals surface area contributed by atoms with Gasteiger partial charge in [0.1, 0.15) is 5.82 Å². The molecule has 0 spiro atoms. The fourth-order valence-corrected chi connectivity index (χ4v) is 3.45. The summed E-state index contributed by atoms with van der Waals surface area (Å²) in [4.78, 5) is 4.25. The number of imidazole rings is 1. The Kier molecular flexibility index (Phi) is 6.22. The first-order chi connectivity index (χ1) is 9.40. The Labute approximate surface area is 133 Å². The summed E-state index contributed by atoms with van der Waals surface area (Å²) in [5.41, 5.74) is 5.63. The molecule has 1 aromatic heterocycles. The highest BCUT2D eigenvalue weighted by Crippen LogP contribution is 2.18. The predicted molar refractivity (Wildman–Crippen MR) is 85.1 cm³/mol. The van der Waals surface area contributed by atoms with Crippen LogP contribution in [0.2, 0.25) is 0 Å². The van der Waals surface area contributed by atoms with Crippen LogP contribution in [0.3, 0.4) is 0 Å². The van der Waals surface area contributed by atoms with E-state index in [-0.39, 0.29) is 24.0 Å². The molecule has 0 atom stereocenters. The molecule has 2 heterocycles. The van der Waals surface area contributed by atoms with Crippen molar-refractivity contribution >= 4 is 22.4 Å². The van der Waals surface area contributed by atoms with Gasteiger partial charge in [0.25, 0.3) is 10.0 Å². The smallest absolute Gasteiger partial charge is 0.259 e. The standard InChI is InChI=1S/C13H24N4O2S.ClH/c1-3-13(14,4-2)10-15-20(18,19)12-9-17-8-6-5-7-11(17)16-12;/h9,15H,3-8,10,14H2,1-2H3;1H. The van der Waals surface area contributed by atoms with Crippen LogP contribution >= 0.6 is 12.4 Å². The zero-order chi connectivity index (χ0) is 14.8. The summed E-state index contributed by atoms with van der Waals surface area (Å²) < 4.78 is 29.1. The molecule has 3 N–H and O–H groups in total. The van der Waals surface area contributed by atoms with Gasteiger partial charge in [-0.15, -0.1) is 12.4 Å². The summed E-state index contributed by atoms with van der Waals surface area (Å²) in [6, 6.07) is 0. The van der Waals surface area contributed by atoms with Crippen LogP contribution in [0.25, 0.3) is 0 Å². The topological polar surface area (TPSA) is 90.0 Å². The van der Waals surface area contributed by atoms with Gasteiger partial charge in [-0.1, -0.05) is 13.8 Å². The molecule has 8 heteroatoms. The fraction of sp³-hybridized carbons (Fsp3) is 0.769. The molecular formula is C13H25ClN4O2S. The van der Waals surface area contributed by atoms with E-state index in [1.165, 1.54) is 0 Å². The molecule has 1 aliphatic rings. The van der Waals surface area contributed by atoms with Gasteiger partial charge in [0.2, 0.25) is 0 Å². The Morgan fingerprint density at radius 2 is 2.05 bits per heavy atom. The van der Waals surface area contributed by atoms with E-state index in [0.29, 0.717) is 0 Å². The van der Waals surface area contributed by atoms with Crippen LogP contribution < -0.4 is 10.5 Å². The van der Waals surface area contributed by atoms with E-state index in [1.54, 1.807) is 6.20 Å². The van der Waals surface area contributed by atoms with Crippen LogP contribution in [-0.2, 0) is 23.0 Å². The van der Waals surface area contributed by atoms with Crippen LogP contribution in [0.1, 0.15) is 45.4 Å². The maximum atomic E-state index is 12.3. The predicted octanol–water partition coefficient (Wildman–Crippen LogP) is 1.44. The Balaban J connectivity index is 0.00000220. The zero-order valence-corrected chi connectivity index (χ0v) is 14.3. The van der Waals surface area contributed by atoms with E-state index in [1.807, 2.05) is 18.4 Å². The van der Waals surface area contributed by atoms with Gasteiger partial charge in [0.05, 0.1) is 0 Å². The molecular weight excluding hydrogens is 312 g/mol. The molecule has 0 aliphatic carbocycles. The maximum Gasteiger partial charge on any atom is 0.259 e. The number of rotatable bonds is 6. The minimum Gasteiger partial charge on any atom is -0.333 e. The number of aryl methyl sites for hydroxylation is 2. The number of aromatic nitrogens is 2. The van der Waals surface area contributed by atoms with Crippen molar-refractivity contribution in [1.29, 1.82) is 0 Å². The summed E-state index contributed by atoms with van der Waals surface area (Å²) in [5.74, 6) is 0.863. The normalized spacial score (nSPS) is 15.4. The SMILES string of the molecule is CCC(N)(CC)CNS(=O)(=O)c1cn2c(n1)CCCC2.Cl.